The second-order valence-electron chi connectivity index (χ2n) is 11.0. The van der Waals surface area contributed by atoms with E-state index in [2.05, 4.69) is 15.5 Å². The number of rotatable bonds is 7. The zero-order chi connectivity index (χ0) is 28.5. The van der Waals surface area contributed by atoms with Crippen LogP contribution in [0.1, 0.15) is 74.0 Å². The Hall–Kier alpha value is -3.34. The summed E-state index contributed by atoms with van der Waals surface area (Å²) >= 11 is 0. The number of carbonyl (C=O) groups is 2. The number of piperidine rings is 1. The number of nitrogens with one attached hydrogen (secondary N) is 2. The molecule has 2 fully saturated rings. The van der Waals surface area contributed by atoms with E-state index < -0.39 is 35.3 Å². The first-order valence-corrected chi connectivity index (χ1v) is 13.2. The second-order valence-corrected chi connectivity index (χ2v) is 11.0. The molecule has 2 N–H and O–H groups in total. The molecule has 0 spiro atoms. The molecule has 0 unspecified atom stereocenters. The van der Waals surface area contributed by atoms with E-state index in [1.807, 2.05) is 14.0 Å². The number of alkyl halides is 2. The standard InChI is InChI=1S/C28H36F3N5O3/c1-17(20-6-5-7-21(25(20)29)26(30)31)32-27(39)22-15-36(28(3)10-13-35(16-28)18(2)37)24(38)14-23(22)33-19-8-11-34(4)12-9-19/h5-7,14-15,17,19,26,33H,8-13,16H2,1-4H3,(H,32,39)/t17-,28-/m1/s1. The molecule has 2 aliphatic heterocycles. The van der Waals surface area contributed by atoms with Crippen LogP contribution in [0.2, 0.25) is 0 Å². The lowest BCUT2D eigenvalue weighted by Gasteiger charge is -2.32. The monoisotopic (exact) mass is 547 g/mol. The van der Waals surface area contributed by atoms with Gasteiger partial charge in [0.25, 0.3) is 17.9 Å². The highest BCUT2D eigenvalue weighted by Crippen LogP contribution is 2.31. The van der Waals surface area contributed by atoms with Crippen molar-refractivity contribution in [2.45, 2.75) is 64.1 Å². The van der Waals surface area contributed by atoms with E-state index in [0.717, 1.165) is 32.0 Å². The van der Waals surface area contributed by atoms with Crippen molar-refractivity contribution < 1.29 is 22.8 Å². The van der Waals surface area contributed by atoms with Crippen molar-refractivity contribution >= 4 is 17.5 Å². The van der Waals surface area contributed by atoms with E-state index in [9.17, 15) is 27.6 Å². The number of benzene rings is 1. The Morgan fingerprint density at radius 1 is 1.13 bits per heavy atom. The lowest BCUT2D eigenvalue weighted by molar-refractivity contribution is -0.128. The summed E-state index contributed by atoms with van der Waals surface area (Å²) in [4.78, 5) is 42.8. The molecule has 0 saturated carbocycles. The number of aromatic nitrogens is 1. The number of amides is 2. The molecule has 3 heterocycles. The molecule has 212 valence electrons. The summed E-state index contributed by atoms with van der Waals surface area (Å²) in [6.07, 6.45) is 0.708. The van der Waals surface area contributed by atoms with Crippen molar-refractivity contribution in [3.8, 4) is 0 Å². The molecule has 8 nitrogen and oxygen atoms in total. The third-order valence-electron chi connectivity index (χ3n) is 7.96. The summed E-state index contributed by atoms with van der Waals surface area (Å²) in [6.45, 7) is 7.43. The number of likely N-dealkylation sites (tertiary alicyclic amines) is 2. The van der Waals surface area contributed by atoms with Gasteiger partial charge in [0.1, 0.15) is 5.82 Å². The topological polar surface area (TPSA) is 86.7 Å². The molecule has 2 atom stereocenters. The van der Waals surface area contributed by atoms with E-state index >= 15 is 0 Å². The Morgan fingerprint density at radius 3 is 2.41 bits per heavy atom. The fourth-order valence-electron chi connectivity index (χ4n) is 5.46. The first kappa shape index (κ1) is 28.7. The van der Waals surface area contributed by atoms with Crippen LogP contribution in [-0.4, -0.2) is 65.4 Å². The number of hydrogen-bond donors (Lipinski definition) is 2. The molecule has 2 saturated heterocycles. The molecule has 11 heteroatoms. The minimum atomic E-state index is -2.98. The zero-order valence-electron chi connectivity index (χ0n) is 22.8. The average molecular weight is 548 g/mol. The minimum absolute atomic E-state index is 0.0517. The Labute approximate surface area is 226 Å². The van der Waals surface area contributed by atoms with E-state index in [4.69, 9.17) is 0 Å². The summed E-state index contributed by atoms with van der Waals surface area (Å²) < 4.78 is 42.8. The third kappa shape index (κ3) is 6.13. The van der Waals surface area contributed by atoms with Gasteiger partial charge in [-0.1, -0.05) is 18.2 Å². The molecular weight excluding hydrogens is 511 g/mol. The highest BCUT2D eigenvalue weighted by Gasteiger charge is 2.38. The van der Waals surface area contributed by atoms with Crippen LogP contribution in [0.25, 0.3) is 0 Å². The van der Waals surface area contributed by atoms with E-state index in [1.165, 1.54) is 42.8 Å². The Kier molecular flexibility index (Phi) is 8.39. The van der Waals surface area contributed by atoms with Gasteiger partial charge in [-0.05, 0) is 53.2 Å². The number of nitrogens with zero attached hydrogens (tertiary/aromatic N) is 3. The van der Waals surface area contributed by atoms with Gasteiger partial charge in [0.2, 0.25) is 5.91 Å². The summed E-state index contributed by atoms with van der Waals surface area (Å²) in [5, 5.41) is 6.09. The first-order valence-electron chi connectivity index (χ1n) is 13.2. The lowest BCUT2D eigenvalue weighted by Crippen LogP contribution is -2.43. The number of anilines is 1. The fourth-order valence-corrected chi connectivity index (χ4v) is 5.46. The van der Waals surface area contributed by atoms with Gasteiger partial charge in [0, 0.05) is 43.9 Å². The van der Waals surface area contributed by atoms with Crippen LogP contribution in [0.4, 0.5) is 18.9 Å². The minimum Gasteiger partial charge on any atom is -0.381 e. The van der Waals surface area contributed by atoms with Crippen LogP contribution in [0.3, 0.4) is 0 Å². The fraction of sp³-hybridized carbons (Fsp3) is 0.536. The highest BCUT2D eigenvalue weighted by molar-refractivity contribution is 5.99. The van der Waals surface area contributed by atoms with Crippen LogP contribution in [-0.2, 0) is 10.3 Å². The maximum absolute atomic E-state index is 14.8. The molecule has 39 heavy (non-hydrogen) atoms. The normalized spacial score (nSPS) is 21.3. The maximum atomic E-state index is 14.8. The summed E-state index contributed by atoms with van der Waals surface area (Å²) in [5.74, 6) is -1.72. The van der Waals surface area contributed by atoms with Gasteiger partial charge in [-0.3, -0.25) is 14.4 Å². The van der Waals surface area contributed by atoms with Gasteiger partial charge in [-0.25, -0.2) is 13.2 Å². The largest absolute Gasteiger partial charge is 0.381 e. The number of pyridine rings is 1. The van der Waals surface area contributed by atoms with Gasteiger partial charge >= 0.3 is 0 Å². The molecule has 0 bridgehead atoms. The van der Waals surface area contributed by atoms with Crippen molar-refractivity contribution in [2.24, 2.45) is 0 Å². The van der Waals surface area contributed by atoms with E-state index in [1.54, 1.807) is 4.90 Å². The molecule has 2 amide bonds. The first-order chi connectivity index (χ1) is 18.4. The third-order valence-corrected chi connectivity index (χ3v) is 7.96. The van der Waals surface area contributed by atoms with Crippen LogP contribution in [0.15, 0.2) is 35.3 Å². The van der Waals surface area contributed by atoms with Crippen LogP contribution in [0.5, 0.6) is 0 Å². The Morgan fingerprint density at radius 2 is 1.79 bits per heavy atom. The van der Waals surface area contributed by atoms with Gasteiger partial charge in [0.05, 0.1) is 28.4 Å². The van der Waals surface area contributed by atoms with E-state index in [0.29, 0.717) is 25.2 Å². The van der Waals surface area contributed by atoms with Gasteiger partial charge in [-0.15, -0.1) is 0 Å². The van der Waals surface area contributed by atoms with Gasteiger partial charge in [-0.2, -0.15) is 0 Å². The molecule has 1 aromatic heterocycles. The molecule has 2 aromatic rings. The summed E-state index contributed by atoms with van der Waals surface area (Å²) in [5.41, 5.74) is -1.25. The molecule has 1 aromatic carbocycles. The molecule has 0 radical (unpaired) electrons. The number of halogens is 3. The van der Waals surface area contributed by atoms with Crippen molar-refractivity contribution in [3.63, 3.8) is 0 Å². The van der Waals surface area contributed by atoms with Gasteiger partial charge in [0.15, 0.2) is 0 Å². The van der Waals surface area contributed by atoms with Crippen molar-refractivity contribution in [1.82, 2.24) is 19.7 Å². The summed E-state index contributed by atoms with van der Waals surface area (Å²) in [6, 6.07) is 4.25. The zero-order valence-corrected chi connectivity index (χ0v) is 22.8. The molecule has 0 aliphatic carbocycles. The van der Waals surface area contributed by atoms with Crippen molar-refractivity contribution in [2.75, 3.05) is 38.5 Å². The summed E-state index contributed by atoms with van der Waals surface area (Å²) in [7, 11) is 2.03. The van der Waals surface area contributed by atoms with E-state index in [-0.39, 0.29) is 28.6 Å². The second kappa shape index (κ2) is 11.4. The number of hydrogen-bond acceptors (Lipinski definition) is 5. The number of carbonyl (C=O) groups excluding carboxylic acids is 2. The van der Waals surface area contributed by atoms with Crippen molar-refractivity contribution in [3.05, 3.63) is 63.3 Å². The average Bonchev–Trinajstić information content (AvgIpc) is 3.28. The SMILES string of the molecule is CC(=O)N1CC[C@@](C)(n2cc(C(=O)N[C@H](C)c3cccc(C(F)F)c3F)c(NC3CCN(C)CC3)cc2=O)C1. The molecule has 4 rings (SSSR count). The predicted molar refractivity (Wildman–Crippen MR) is 143 cm³/mol. The smallest absolute Gasteiger partial charge is 0.266 e. The van der Waals surface area contributed by atoms with Crippen LogP contribution >= 0.6 is 0 Å². The Balaban J connectivity index is 1.68. The Bertz CT molecular complexity index is 1290. The molecule has 2 aliphatic rings. The van der Waals surface area contributed by atoms with Crippen molar-refractivity contribution in [1.29, 1.82) is 0 Å². The lowest BCUT2D eigenvalue weighted by atomic mass is 9.99. The van der Waals surface area contributed by atoms with Crippen LogP contribution < -0.4 is 16.2 Å². The quantitative estimate of drug-likeness (QED) is 0.550. The maximum Gasteiger partial charge on any atom is 0.266 e. The molecular formula is C28H36F3N5O3. The van der Waals surface area contributed by atoms with Crippen LogP contribution in [0, 0.1) is 5.82 Å². The van der Waals surface area contributed by atoms with Gasteiger partial charge < -0.3 is 25.0 Å². The highest BCUT2D eigenvalue weighted by atomic mass is 19.3. The predicted octanol–water partition coefficient (Wildman–Crippen LogP) is 3.89.